The van der Waals surface area contributed by atoms with Crippen LogP contribution >= 0.6 is 11.3 Å². The Labute approximate surface area is 189 Å². The Morgan fingerprint density at radius 3 is 2.78 bits per heavy atom. The van der Waals surface area contributed by atoms with Gasteiger partial charge in [-0.2, -0.15) is 4.39 Å². The highest BCUT2D eigenvalue weighted by Gasteiger charge is 2.15. The number of carbonyl (C=O) groups excluding carboxylic acids is 1. The number of nitrogens with one attached hydrogen (secondary N) is 1. The maximum Gasteiger partial charge on any atom is 0.274 e. The van der Waals surface area contributed by atoms with Gasteiger partial charge in [0, 0.05) is 36.6 Å². The number of imidazole rings is 1. The SMILES string of the molecule is Cc1cc(C(=O)Nc2nc(C=Cc3cn(C(C)C)cn3)cs2)n(Cc2ccnc(F)c2)c1. The summed E-state index contributed by atoms with van der Waals surface area (Å²) in [6.07, 6.45) is 10.8. The fraction of sp³-hybridized carbons (Fsp3) is 0.217. The summed E-state index contributed by atoms with van der Waals surface area (Å²) in [6, 6.07) is 5.24. The predicted octanol–water partition coefficient (Wildman–Crippen LogP) is 5.04. The van der Waals surface area contributed by atoms with Gasteiger partial charge in [-0.05, 0) is 62.2 Å². The van der Waals surface area contributed by atoms with Crippen LogP contribution in [0.4, 0.5) is 9.52 Å². The molecule has 4 rings (SSSR count). The Hall–Kier alpha value is -3.59. The lowest BCUT2D eigenvalue weighted by molar-refractivity contribution is 0.101. The molecule has 0 unspecified atom stereocenters. The lowest BCUT2D eigenvalue weighted by Crippen LogP contribution is -2.17. The molecular weight excluding hydrogens is 427 g/mol. The number of thiazole rings is 1. The van der Waals surface area contributed by atoms with Gasteiger partial charge in [-0.1, -0.05) is 0 Å². The molecule has 0 spiro atoms. The van der Waals surface area contributed by atoms with Crippen LogP contribution in [0.5, 0.6) is 0 Å². The first-order valence-corrected chi connectivity index (χ1v) is 11.0. The minimum atomic E-state index is -0.545. The molecule has 0 fully saturated rings. The standard InChI is InChI=1S/C23H23FN6OS/c1-15(2)30-12-18(26-14-30)4-5-19-13-32-23(27-19)28-22(31)20-8-16(3)10-29(20)11-17-6-7-25-21(24)9-17/h4-10,12-15H,11H2,1-3H3,(H,27,28,31). The van der Waals surface area contributed by atoms with E-state index >= 15 is 0 Å². The maximum absolute atomic E-state index is 13.4. The van der Waals surface area contributed by atoms with Crippen LogP contribution in [-0.2, 0) is 6.54 Å². The lowest BCUT2D eigenvalue weighted by atomic mass is 10.2. The van der Waals surface area contributed by atoms with Gasteiger partial charge in [0.1, 0.15) is 5.69 Å². The maximum atomic E-state index is 13.4. The van der Waals surface area contributed by atoms with Crippen molar-refractivity contribution in [1.29, 1.82) is 0 Å². The summed E-state index contributed by atoms with van der Waals surface area (Å²) in [6.45, 7) is 6.47. The molecule has 32 heavy (non-hydrogen) atoms. The highest BCUT2D eigenvalue weighted by molar-refractivity contribution is 7.14. The first-order valence-electron chi connectivity index (χ1n) is 10.1. The van der Waals surface area contributed by atoms with Crippen molar-refractivity contribution < 1.29 is 9.18 Å². The molecule has 0 bridgehead atoms. The summed E-state index contributed by atoms with van der Waals surface area (Å²) in [7, 11) is 0. The summed E-state index contributed by atoms with van der Waals surface area (Å²) < 4.78 is 17.2. The normalized spacial score (nSPS) is 11.5. The lowest BCUT2D eigenvalue weighted by Gasteiger charge is -2.09. The second-order valence-corrected chi connectivity index (χ2v) is 8.58. The van der Waals surface area contributed by atoms with Gasteiger partial charge in [-0.25, -0.2) is 15.0 Å². The average Bonchev–Trinajstić information content (AvgIpc) is 3.46. The van der Waals surface area contributed by atoms with Gasteiger partial charge in [-0.15, -0.1) is 11.3 Å². The number of hydrogen-bond acceptors (Lipinski definition) is 5. The molecule has 0 aliphatic rings. The molecule has 1 N–H and O–H groups in total. The highest BCUT2D eigenvalue weighted by atomic mass is 32.1. The van der Waals surface area contributed by atoms with Gasteiger partial charge in [-0.3, -0.25) is 10.1 Å². The minimum absolute atomic E-state index is 0.270. The Balaban J connectivity index is 1.44. The van der Waals surface area contributed by atoms with Crippen molar-refractivity contribution in [2.75, 3.05) is 5.32 Å². The van der Waals surface area contributed by atoms with E-state index in [2.05, 4.69) is 34.1 Å². The summed E-state index contributed by atoms with van der Waals surface area (Å²) in [4.78, 5) is 25.3. The summed E-state index contributed by atoms with van der Waals surface area (Å²) >= 11 is 1.35. The molecule has 0 aliphatic heterocycles. The van der Waals surface area contributed by atoms with E-state index in [4.69, 9.17) is 0 Å². The number of anilines is 1. The van der Waals surface area contributed by atoms with E-state index in [1.54, 1.807) is 23.0 Å². The van der Waals surface area contributed by atoms with Gasteiger partial charge in [0.25, 0.3) is 5.91 Å². The number of halogens is 1. The van der Waals surface area contributed by atoms with Crippen molar-refractivity contribution in [1.82, 2.24) is 24.1 Å². The zero-order valence-electron chi connectivity index (χ0n) is 18.0. The van der Waals surface area contributed by atoms with E-state index in [1.165, 1.54) is 23.6 Å². The molecule has 0 atom stereocenters. The van der Waals surface area contributed by atoms with Gasteiger partial charge in [0.2, 0.25) is 5.95 Å². The number of nitrogens with zero attached hydrogens (tertiary/aromatic N) is 5. The number of amides is 1. The zero-order chi connectivity index (χ0) is 22.7. The molecule has 9 heteroatoms. The fourth-order valence-electron chi connectivity index (χ4n) is 3.19. The minimum Gasteiger partial charge on any atom is -0.339 e. The third-order valence-electron chi connectivity index (χ3n) is 4.79. The quantitative estimate of drug-likeness (QED) is 0.400. The molecule has 1 amide bonds. The summed E-state index contributed by atoms with van der Waals surface area (Å²) in [5, 5.41) is 5.23. The van der Waals surface area contributed by atoms with Crippen LogP contribution in [0.25, 0.3) is 12.2 Å². The second-order valence-electron chi connectivity index (χ2n) is 7.72. The molecule has 4 heterocycles. The number of carbonyl (C=O) groups is 1. The smallest absolute Gasteiger partial charge is 0.274 e. The Morgan fingerprint density at radius 1 is 1.22 bits per heavy atom. The molecule has 0 aromatic carbocycles. The molecule has 7 nitrogen and oxygen atoms in total. The highest BCUT2D eigenvalue weighted by Crippen LogP contribution is 2.20. The van der Waals surface area contributed by atoms with Gasteiger partial charge >= 0.3 is 0 Å². The van der Waals surface area contributed by atoms with Crippen molar-refractivity contribution in [2.45, 2.75) is 33.4 Å². The third kappa shape index (κ3) is 5.17. The van der Waals surface area contributed by atoms with Crippen LogP contribution < -0.4 is 5.32 Å². The molecule has 0 saturated carbocycles. The van der Waals surface area contributed by atoms with E-state index in [1.807, 2.05) is 41.4 Å². The first kappa shape index (κ1) is 21.6. The van der Waals surface area contributed by atoms with Crippen molar-refractivity contribution in [3.8, 4) is 0 Å². The van der Waals surface area contributed by atoms with Crippen LogP contribution in [-0.4, -0.2) is 30.0 Å². The van der Waals surface area contributed by atoms with Crippen molar-refractivity contribution >= 4 is 34.5 Å². The third-order valence-corrected chi connectivity index (χ3v) is 5.57. The van der Waals surface area contributed by atoms with Gasteiger partial charge in [0.15, 0.2) is 5.13 Å². The summed E-state index contributed by atoms with van der Waals surface area (Å²) in [5.41, 5.74) is 3.73. The van der Waals surface area contributed by atoms with Gasteiger partial charge < -0.3 is 9.13 Å². The predicted molar refractivity (Wildman–Crippen MR) is 124 cm³/mol. The molecule has 164 valence electrons. The Bertz CT molecular complexity index is 1270. The zero-order valence-corrected chi connectivity index (χ0v) is 18.8. The van der Waals surface area contributed by atoms with Crippen LogP contribution in [0, 0.1) is 12.9 Å². The van der Waals surface area contributed by atoms with Crippen LogP contribution in [0.3, 0.4) is 0 Å². The monoisotopic (exact) mass is 450 g/mol. The average molecular weight is 451 g/mol. The van der Waals surface area contributed by atoms with Crippen LogP contribution in [0.2, 0.25) is 0 Å². The molecule has 4 aromatic heterocycles. The topological polar surface area (TPSA) is 77.6 Å². The number of rotatable bonds is 7. The summed E-state index contributed by atoms with van der Waals surface area (Å²) in [5.74, 6) is -0.815. The number of pyridine rings is 1. The molecular formula is C23H23FN6OS. The van der Waals surface area contributed by atoms with Crippen molar-refractivity contribution in [3.05, 3.63) is 82.7 Å². The molecule has 0 radical (unpaired) electrons. The van der Waals surface area contributed by atoms with E-state index in [0.29, 0.717) is 23.4 Å². The largest absolute Gasteiger partial charge is 0.339 e. The number of aryl methyl sites for hydroxylation is 1. The Kier molecular flexibility index (Phi) is 6.27. The van der Waals surface area contributed by atoms with E-state index in [-0.39, 0.29) is 5.91 Å². The van der Waals surface area contributed by atoms with E-state index in [0.717, 1.165) is 22.5 Å². The van der Waals surface area contributed by atoms with E-state index in [9.17, 15) is 9.18 Å². The number of aromatic nitrogens is 5. The fourth-order valence-corrected chi connectivity index (χ4v) is 3.86. The van der Waals surface area contributed by atoms with E-state index < -0.39 is 5.95 Å². The van der Waals surface area contributed by atoms with Crippen molar-refractivity contribution in [3.63, 3.8) is 0 Å². The first-order chi connectivity index (χ1) is 15.4. The number of hydrogen-bond donors (Lipinski definition) is 1. The van der Waals surface area contributed by atoms with Crippen LogP contribution in [0.15, 0.2) is 48.5 Å². The van der Waals surface area contributed by atoms with Crippen molar-refractivity contribution in [2.24, 2.45) is 0 Å². The molecule has 0 aliphatic carbocycles. The van der Waals surface area contributed by atoms with Crippen LogP contribution in [0.1, 0.15) is 52.9 Å². The molecule has 4 aromatic rings. The Morgan fingerprint density at radius 2 is 2.03 bits per heavy atom. The second kappa shape index (κ2) is 9.27. The molecule has 0 saturated heterocycles. The van der Waals surface area contributed by atoms with Gasteiger partial charge in [0.05, 0.1) is 17.7 Å².